The highest BCUT2D eigenvalue weighted by atomic mass is 16.3. The van der Waals surface area contributed by atoms with Gasteiger partial charge in [-0.15, -0.1) is 0 Å². The van der Waals surface area contributed by atoms with E-state index in [0.717, 1.165) is 5.76 Å². The molecule has 2 rings (SSSR count). The highest BCUT2D eigenvalue weighted by Crippen LogP contribution is 2.06. The zero-order valence-corrected chi connectivity index (χ0v) is 11.8. The van der Waals surface area contributed by atoms with E-state index in [9.17, 15) is 4.79 Å². The molecule has 0 radical (unpaired) electrons. The van der Waals surface area contributed by atoms with Crippen LogP contribution >= 0.6 is 0 Å². The summed E-state index contributed by atoms with van der Waals surface area (Å²) in [5.41, 5.74) is 0.149. The molecule has 0 spiro atoms. The first-order chi connectivity index (χ1) is 9.44. The van der Waals surface area contributed by atoms with Gasteiger partial charge < -0.3 is 15.1 Å². The summed E-state index contributed by atoms with van der Waals surface area (Å²) < 4.78 is 5.19. The molecule has 2 aromatic heterocycles. The Kier molecular flexibility index (Phi) is 4.02. The molecule has 2 N–H and O–H groups in total. The van der Waals surface area contributed by atoms with Crippen molar-refractivity contribution in [1.29, 1.82) is 0 Å². The summed E-state index contributed by atoms with van der Waals surface area (Å²) in [5.74, 6) is 1.06. The average Bonchev–Trinajstić information content (AvgIpc) is 2.88. The van der Waals surface area contributed by atoms with Gasteiger partial charge in [-0.05, 0) is 32.9 Å². The van der Waals surface area contributed by atoms with E-state index in [0.29, 0.717) is 18.1 Å². The molecule has 0 saturated heterocycles. The Labute approximate surface area is 117 Å². The number of hydrogen-bond acceptors (Lipinski definition) is 5. The number of nitrogens with zero attached hydrogens (tertiary/aromatic N) is 2. The van der Waals surface area contributed by atoms with E-state index in [1.807, 2.05) is 32.9 Å². The Morgan fingerprint density at radius 2 is 2.00 bits per heavy atom. The zero-order chi connectivity index (χ0) is 14.6. The maximum Gasteiger partial charge on any atom is 0.254 e. The predicted octanol–water partition coefficient (Wildman–Crippen LogP) is 2.21. The molecule has 0 aliphatic heterocycles. The second-order valence-electron chi connectivity index (χ2n) is 5.43. The Hall–Kier alpha value is -2.37. The van der Waals surface area contributed by atoms with Crippen molar-refractivity contribution in [3.63, 3.8) is 0 Å². The smallest absolute Gasteiger partial charge is 0.254 e. The molecule has 2 heterocycles. The van der Waals surface area contributed by atoms with Crippen molar-refractivity contribution in [2.24, 2.45) is 0 Å². The minimum Gasteiger partial charge on any atom is -0.467 e. The molecule has 0 aromatic carbocycles. The van der Waals surface area contributed by atoms with E-state index >= 15 is 0 Å². The quantitative estimate of drug-likeness (QED) is 0.893. The number of nitrogens with one attached hydrogen (secondary N) is 2. The van der Waals surface area contributed by atoms with Gasteiger partial charge in [-0.3, -0.25) is 4.79 Å². The molecular weight excluding hydrogens is 256 g/mol. The molecule has 106 valence electrons. The lowest BCUT2D eigenvalue weighted by Gasteiger charge is -2.20. The van der Waals surface area contributed by atoms with Crippen LogP contribution in [-0.2, 0) is 6.54 Å². The van der Waals surface area contributed by atoms with Crippen LogP contribution in [0.4, 0.5) is 5.95 Å². The van der Waals surface area contributed by atoms with Crippen LogP contribution in [0.25, 0.3) is 0 Å². The number of furan rings is 1. The van der Waals surface area contributed by atoms with Crippen LogP contribution in [0, 0.1) is 0 Å². The van der Waals surface area contributed by atoms with Gasteiger partial charge in [0, 0.05) is 17.9 Å². The lowest BCUT2D eigenvalue weighted by Crippen LogP contribution is -2.40. The number of carbonyl (C=O) groups excluding carboxylic acids is 1. The second-order valence-corrected chi connectivity index (χ2v) is 5.43. The molecule has 0 atom stereocenters. The maximum atomic E-state index is 11.9. The fourth-order valence-electron chi connectivity index (χ4n) is 1.53. The van der Waals surface area contributed by atoms with Gasteiger partial charge in [-0.25, -0.2) is 9.97 Å². The first-order valence-corrected chi connectivity index (χ1v) is 6.35. The van der Waals surface area contributed by atoms with Crippen LogP contribution in [0.5, 0.6) is 0 Å². The number of hydrogen-bond donors (Lipinski definition) is 2. The number of anilines is 1. The Morgan fingerprint density at radius 3 is 2.55 bits per heavy atom. The third kappa shape index (κ3) is 4.08. The second kappa shape index (κ2) is 5.73. The molecule has 0 bridgehead atoms. The molecule has 0 aliphatic rings. The van der Waals surface area contributed by atoms with Crippen LogP contribution < -0.4 is 10.6 Å². The SMILES string of the molecule is CC(C)(C)NC(=O)c1cnc(NCc2ccco2)nc1. The first-order valence-electron chi connectivity index (χ1n) is 6.35. The number of carbonyl (C=O) groups is 1. The van der Waals surface area contributed by atoms with Crippen LogP contribution in [0.3, 0.4) is 0 Å². The molecule has 0 unspecified atom stereocenters. The van der Waals surface area contributed by atoms with Crippen molar-refractivity contribution in [2.45, 2.75) is 32.9 Å². The number of aromatic nitrogens is 2. The van der Waals surface area contributed by atoms with Crippen molar-refractivity contribution in [1.82, 2.24) is 15.3 Å². The minimum absolute atomic E-state index is 0.185. The Morgan fingerprint density at radius 1 is 1.30 bits per heavy atom. The predicted molar refractivity (Wildman–Crippen MR) is 75.3 cm³/mol. The molecule has 0 aliphatic carbocycles. The van der Waals surface area contributed by atoms with E-state index in [2.05, 4.69) is 20.6 Å². The molecular formula is C14H18N4O2. The van der Waals surface area contributed by atoms with E-state index in [1.54, 1.807) is 6.26 Å². The van der Waals surface area contributed by atoms with Crippen molar-refractivity contribution >= 4 is 11.9 Å². The maximum absolute atomic E-state index is 11.9. The topological polar surface area (TPSA) is 80.0 Å². The highest BCUT2D eigenvalue weighted by molar-refractivity contribution is 5.94. The van der Waals surface area contributed by atoms with Crippen molar-refractivity contribution in [3.05, 3.63) is 42.1 Å². The number of amides is 1. The lowest BCUT2D eigenvalue weighted by molar-refractivity contribution is 0.0919. The van der Waals surface area contributed by atoms with Gasteiger partial charge in [0.1, 0.15) is 5.76 Å². The average molecular weight is 274 g/mol. The molecule has 6 nitrogen and oxygen atoms in total. The molecule has 20 heavy (non-hydrogen) atoms. The fourth-order valence-corrected chi connectivity index (χ4v) is 1.53. The minimum atomic E-state index is -0.284. The highest BCUT2D eigenvalue weighted by Gasteiger charge is 2.15. The molecule has 1 amide bonds. The van der Waals surface area contributed by atoms with Gasteiger partial charge in [0.05, 0.1) is 18.4 Å². The summed E-state index contributed by atoms with van der Waals surface area (Å²) in [5, 5.41) is 5.87. The lowest BCUT2D eigenvalue weighted by atomic mass is 10.1. The van der Waals surface area contributed by atoms with E-state index < -0.39 is 0 Å². The van der Waals surface area contributed by atoms with Crippen molar-refractivity contribution in [3.8, 4) is 0 Å². The molecule has 0 saturated carbocycles. The van der Waals surface area contributed by atoms with Gasteiger partial charge in [-0.2, -0.15) is 0 Å². The van der Waals surface area contributed by atoms with E-state index in [1.165, 1.54) is 12.4 Å². The van der Waals surface area contributed by atoms with Crippen LogP contribution in [-0.4, -0.2) is 21.4 Å². The number of rotatable bonds is 4. The largest absolute Gasteiger partial charge is 0.467 e. The normalized spacial score (nSPS) is 11.2. The van der Waals surface area contributed by atoms with Gasteiger partial charge >= 0.3 is 0 Å². The van der Waals surface area contributed by atoms with Gasteiger partial charge in [0.2, 0.25) is 5.95 Å². The summed E-state index contributed by atoms with van der Waals surface area (Å²) in [6, 6.07) is 3.68. The fraction of sp³-hybridized carbons (Fsp3) is 0.357. The Bertz CT molecular complexity index is 556. The van der Waals surface area contributed by atoms with Crippen LogP contribution in [0.1, 0.15) is 36.9 Å². The molecule has 0 fully saturated rings. The third-order valence-electron chi connectivity index (χ3n) is 2.40. The zero-order valence-electron chi connectivity index (χ0n) is 11.8. The standard InChI is InChI=1S/C14H18N4O2/c1-14(2,3)18-12(19)10-7-15-13(16-8-10)17-9-11-5-4-6-20-11/h4-8H,9H2,1-3H3,(H,18,19)(H,15,16,17). The third-order valence-corrected chi connectivity index (χ3v) is 2.40. The van der Waals surface area contributed by atoms with Crippen LogP contribution in [0.2, 0.25) is 0 Å². The van der Waals surface area contributed by atoms with Crippen molar-refractivity contribution in [2.75, 3.05) is 5.32 Å². The molecule has 6 heteroatoms. The summed E-state index contributed by atoms with van der Waals surface area (Å²) in [4.78, 5) is 20.1. The van der Waals surface area contributed by atoms with E-state index in [-0.39, 0.29) is 11.4 Å². The summed E-state index contributed by atoms with van der Waals surface area (Å²) in [7, 11) is 0. The molecule has 2 aromatic rings. The van der Waals surface area contributed by atoms with Gasteiger partial charge in [0.15, 0.2) is 0 Å². The summed E-state index contributed by atoms with van der Waals surface area (Å²) >= 11 is 0. The monoisotopic (exact) mass is 274 g/mol. The van der Waals surface area contributed by atoms with E-state index in [4.69, 9.17) is 4.42 Å². The van der Waals surface area contributed by atoms with Gasteiger partial charge in [0.25, 0.3) is 5.91 Å². The Balaban J connectivity index is 1.94. The van der Waals surface area contributed by atoms with Gasteiger partial charge in [-0.1, -0.05) is 0 Å². The van der Waals surface area contributed by atoms with Crippen molar-refractivity contribution < 1.29 is 9.21 Å². The summed E-state index contributed by atoms with van der Waals surface area (Å²) in [6.07, 6.45) is 4.61. The first kappa shape index (κ1) is 14.0. The van der Waals surface area contributed by atoms with Crippen LogP contribution in [0.15, 0.2) is 35.2 Å². The summed E-state index contributed by atoms with van der Waals surface area (Å²) in [6.45, 7) is 6.27.